The predicted octanol–water partition coefficient (Wildman–Crippen LogP) is 1.45. The first-order valence-corrected chi connectivity index (χ1v) is 5.61. The van der Waals surface area contributed by atoms with Crippen LogP contribution in [0.5, 0.6) is 0 Å². The van der Waals surface area contributed by atoms with E-state index in [1.54, 1.807) is 13.1 Å². The van der Waals surface area contributed by atoms with Gasteiger partial charge >= 0.3 is 0 Å². The summed E-state index contributed by atoms with van der Waals surface area (Å²) in [5.41, 5.74) is 1.40. The first kappa shape index (κ1) is 12.0. The van der Waals surface area contributed by atoms with Crippen molar-refractivity contribution in [2.75, 3.05) is 12.4 Å². The summed E-state index contributed by atoms with van der Waals surface area (Å²) in [5.74, 6) is 0.410. The minimum atomic E-state index is -0.210. The van der Waals surface area contributed by atoms with Gasteiger partial charge in [0.2, 0.25) is 0 Å². The van der Waals surface area contributed by atoms with Gasteiger partial charge < -0.3 is 10.6 Å². The van der Waals surface area contributed by atoms with Crippen LogP contribution in [0.1, 0.15) is 16.1 Å². The molecule has 2 N–H and O–H groups in total. The number of carbonyl (C=O) groups excluding carboxylic acids is 1. The molecule has 0 fully saturated rings. The summed E-state index contributed by atoms with van der Waals surface area (Å²) in [5, 5.41) is 5.67. The van der Waals surface area contributed by atoms with Crippen molar-refractivity contribution in [2.45, 2.75) is 6.54 Å². The van der Waals surface area contributed by atoms with Crippen molar-refractivity contribution in [3.05, 3.63) is 54.0 Å². The Balaban J connectivity index is 1.99. The third kappa shape index (κ3) is 3.04. The number of hydrogen-bond donors (Lipinski definition) is 2. The Hall–Kier alpha value is -2.43. The Morgan fingerprint density at radius 2 is 2.00 bits per heavy atom. The summed E-state index contributed by atoms with van der Waals surface area (Å²) in [4.78, 5) is 19.7. The van der Waals surface area contributed by atoms with E-state index in [2.05, 4.69) is 20.6 Å². The number of carbonyl (C=O) groups is 1. The molecular weight excluding hydrogens is 228 g/mol. The molecule has 18 heavy (non-hydrogen) atoms. The lowest BCUT2D eigenvalue weighted by molar-refractivity contribution is 0.0946. The maximum absolute atomic E-state index is 11.9. The summed E-state index contributed by atoms with van der Waals surface area (Å²) >= 11 is 0. The van der Waals surface area contributed by atoms with E-state index in [1.807, 2.05) is 30.3 Å². The lowest BCUT2D eigenvalue weighted by atomic mass is 10.2. The van der Waals surface area contributed by atoms with Crippen LogP contribution in [0.3, 0.4) is 0 Å². The normalized spacial score (nSPS) is 9.83. The number of hydrogen-bond acceptors (Lipinski definition) is 4. The lowest BCUT2D eigenvalue weighted by Crippen LogP contribution is -2.24. The van der Waals surface area contributed by atoms with E-state index in [1.165, 1.54) is 6.33 Å². The van der Waals surface area contributed by atoms with Crippen molar-refractivity contribution < 1.29 is 4.79 Å². The van der Waals surface area contributed by atoms with Gasteiger partial charge in [0.15, 0.2) is 0 Å². The molecule has 5 heteroatoms. The van der Waals surface area contributed by atoms with E-state index in [4.69, 9.17) is 0 Å². The Bertz CT molecular complexity index is 528. The molecule has 0 saturated heterocycles. The highest BCUT2D eigenvalue weighted by Gasteiger charge is 2.07. The van der Waals surface area contributed by atoms with Crippen molar-refractivity contribution in [1.29, 1.82) is 0 Å². The molecule has 0 bridgehead atoms. The molecule has 2 rings (SSSR count). The molecule has 0 saturated carbocycles. The number of aromatic nitrogens is 2. The van der Waals surface area contributed by atoms with Crippen LogP contribution in [-0.4, -0.2) is 22.9 Å². The number of amides is 1. The maximum atomic E-state index is 11.9. The maximum Gasteiger partial charge on any atom is 0.270 e. The van der Waals surface area contributed by atoms with Crippen molar-refractivity contribution in [1.82, 2.24) is 15.3 Å². The Labute approximate surface area is 105 Å². The van der Waals surface area contributed by atoms with E-state index in [-0.39, 0.29) is 5.91 Å². The average molecular weight is 242 g/mol. The zero-order valence-corrected chi connectivity index (χ0v) is 10.1. The van der Waals surface area contributed by atoms with Crippen LogP contribution in [-0.2, 0) is 6.54 Å². The number of nitrogens with zero attached hydrogens (tertiary/aromatic N) is 2. The fourth-order valence-corrected chi connectivity index (χ4v) is 1.49. The molecule has 0 unspecified atom stereocenters. The van der Waals surface area contributed by atoms with Gasteiger partial charge in [0.25, 0.3) is 5.91 Å². The molecule has 0 radical (unpaired) electrons. The third-order valence-electron chi connectivity index (χ3n) is 2.45. The minimum absolute atomic E-state index is 0.210. The summed E-state index contributed by atoms with van der Waals surface area (Å²) in [6.45, 7) is 0.485. The van der Waals surface area contributed by atoms with Gasteiger partial charge in [0.05, 0.1) is 0 Å². The number of anilines is 1. The number of rotatable bonds is 4. The van der Waals surface area contributed by atoms with Crippen LogP contribution in [0, 0.1) is 0 Å². The summed E-state index contributed by atoms with van der Waals surface area (Å²) in [7, 11) is 1.74. The first-order chi connectivity index (χ1) is 8.79. The first-order valence-electron chi connectivity index (χ1n) is 5.61. The second kappa shape index (κ2) is 5.77. The smallest absolute Gasteiger partial charge is 0.270 e. The average Bonchev–Trinajstić information content (AvgIpc) is 2.46. The van der Waals surface area contributed by atoms with E-state index in [0.29, 0.717) is 18.1 Å². The largest absolute Gasteiger partial charge is 0.373 e. The third-order valence-corrected chi connectivity index (χ3v) is 2.45. The van der Waals surface area contributed by atoms with Crippen LogP contribution in [0.25, 0.3) is 0 Å². The predicted molar refractivity (Wildman–Crippen MR) is 69.2 cm³/mol. The van der Waals surface area contributed by atoms with Gasteiger partial charge in [-0.3, -0.25) is 4.79 Å². The number of benzene rings is 1. The van der Waals surface area contributed by atoms with Gasteiger partial charge in [-0.2, -0.15) is 0 Å². The zero-order chi connectivity index (χ0) is 12.8. The van der Waals surface area contributed by atoms with E-state index >= 15 is 0 Å². The molecule has 92 valence electrons. The van der Waals surface area contributed by atoms with Gasteiger partial charge in [-0.25, -0.2) is 9.97 Å². The molecule has 1 heterocycles. The lowest BCUT2D eigenvalue weighted by Gasteiger charge is -2.05. The molecule has 0 atom stereocenters. The molecule has 5 nitrogen and oxygen atoms in total. The van der Waals surface area contributed by atoms with Gasteiger partial charge in [-0.05, 0) is 5.56 Å². The fraction of sp³-hybridized carbons (Fsp3) is 0.154. The summed E-state index contributed by atoms with van der Waals surface area (Å²) in [6, 6.07) is 11.3. The highest BCUT2D eigenvalue weighted by atomic mass is 16.1. The molecule has 2 aromatic rings. The second-order valence-corrected chi connectivity index (χ2v) is 3.71. The van der Waals surface area contributed by atoms with Gasteiger partial charge in [0.1, 0.15) is 17.8 Å². The van der Waals surface area contributed by atoms with Crippen molar-refractivity contribution >= 4 is 11.7 Å². The zero-order valence-electron chi connectivity index (χ0n) is 10.1. The monoisotopic (exact) mass is 242 g/mol. The van der Waals surface area contributed by atoms with Gasteiger partial charge in [0, 0.05) is 19.7 Å². The van der Waals surface area contributed by atoms with Crippen molar-refractivity contribution in [3.8, 4) is 0 Å². The van der Waals surface area contributed by atoms with Crippen LogP contribution >= 0.6 is 0 Å². The Kier molecular flexibility index (Phi) is 3.86. The molecule has 0 aliphatic heterocycles. The van der Waals surface area contributed by atoms with Crippen LogP contribution in [0.2, 0.25) is 0 Å². The molecule has 0 aliphatic rings. The molecule has 1 aromatic heterocycles. The topological polar surface area (TPSA) is 66.9 Å². The standard InChI is InChI=1S/C13H14N4O/c1-14-12-7-11(16-9-17-12)13(18)15-8-10-5-3-2-4-6-10/h2-7,9H,8H2,1H3,(H,15,18)(H,14,16,17). The fourth-order valence-electron chi connectivity index (χ4n) is 1.49. The molecule has 1 aromatic carbocycles. The van der Waals surface area contributed by atoms with Gasteiger partial charge in [-0.1, -0.05) is 30.3 Å². The summed E-state index contributed by atoms with van der Waals surface area (Å²) < 4.78 is 0. The molecule has 0 aliphatic carbocycles. The SMILES string of the molecule is CNc1cc(C(=O)NCc2ccccc2)ncn1. The van der Waals surface area contributed by atoms with E-state index < -0.39 is 0 Å². The van der Waals surface area contributed by atoms with E-state index in [9.17, 15) is 4.79 Å². The quantitative estimate of drug-likeness (QED) is 0.851. The van der Waals surface area contributed by atoms with Crippen LogP contribution < -0.4 is 10.6 Å². The molecule has 1 amide bonds. The van der Waals surface area contributed by atoms with Gasteiger partial charge in [-0.15, -0.1) is 0 Å². The number of nitrogens with one attached hydrogen (secondary N) is 2. The summed E-state index contributed by atoms with van der Waals surface area (Å²) in [6.07, 6.45) is 1.36. The van der Waals surface area contributed by atoms with E-state index in [0.717, 1.165) is 5.56 Å². The highest BCUT2D eigenvalue weighted by Crippen LogP contribution is 2.03. The Morgan fingerprint density at radius 3 is 2.72 bits per heavy atom. The van der Waals surface area contributed by atoms with Crippen LogP contribution in [0.4, 0.5) is 5.82 Å². The minimum Gasteiger partial charge on any atom is -0.373 e. The Morgan fingerprint density at radius 1 is 1.22 bits per heavy atom. The van der Waals surface area contributed by atoms with Crippen molar-refractivity contribution in [3.63, 3.8) is 0 Å². The molecular formula is C13H14N4O. The van der Waals surface area contributed by atoms with Crippen molar-refractivity contribution in [2.24, 2.45) is 0 Å². The van der Waals surface area contributed by atoms with Crippen LogP contribution in [0.15, 0.2) is 42.7 Å². The molecule has 0 spiro atoms. The second-order valence-electron chi connectivity index (χ2n) is 3.71. The highest BCUT2D eigenvalue weighted by molar-refractivity contribution is 5.92.